The Morgan fingerprint density at radius 1 is 1.08 bits per heavy atom. The standard InChI is InChI=1S/C27H30N6O3/c1-2-14-32-23-22(25(35)31-27(32)36)18(15-20(28-23)16-12-13-16)24(34)30-26-29-19-10-6-7-11-21(19)33(26)17-8-4-3-5-9-17/h6-7,10-11,15-17H,2-5,8-9,12-14H2,1H3,(H,29,30,34)(H,31,35,36). The first-order valence-corrected chi connectivity index (χ1v) is 13.0. The van der Waals surface area contributed by atoms with Crippen LogP contribution in [0.4, 0.5) is 5.95 Å². The Hall–Kier alpha value is -3.75. The molecule has 0 spiro atoms. The maximum absolute atomic E-state index is 13.8. The Morgan fingerprint density at radius 2 is 1.86 bits per heavy atom. The van der Waals surface area contributed by atoms with E-state index in [1.165, 1.54) is 11.0 Å². The highest BCUT2D eigenvalue weighted by atomic mass is 16.2. The molecule has 0 aliphatic heterocycles. The number of hydrogen-bond acceptors (Lipinski definition) is 5. The van der Waals surface area contributed by atoms with Gasteiger partial charge in [-0.15, -0.1) is 0 Å². The predicted octanol–water partition coefficient (Wildman–Crippen LogP) is 4.48. The fourth-order valence-corrected chi connectivity index (χ4v) is 5.50. The highest BCUT2D eigenvalue weighted by Gasteiger charge is 2.30. The molecule has 2 N–H and O–H groups in total. The third kappa shape index (κ3) is 3.92. The molecule has 2 aliphatic carbocycles. The van der Waals surface area contributed by atoms with Crippen LogP contribution in [-0.2, 0) is 6.54 Å². The fourth-order valence-electron chi connectivity index (χ4n) is 5.50. The molecule has 2 fully saturated rings. The maximum atomic E-state index is 13.8. The molecule has 3 aromatic heterocycles. The fraction of sp³-hybridized carbons (Fsp3) is 0.444. The molecule has 9 nitrogen and oxygen atoms in total. The van der Waals surface area contributed by atoms with E-state index >= 15 is 0 Å². The summed E-state index contributed by atoms with van der Waals surface area (Å²) >= 11 is 0. The van der Waals surface area contributed by atoms with Crippen molar-refractivity contribution in [1.29, 1.82) is 0 Å². The second-order valence-corrected chi connectivity index (χ2v) is 10.0. The summed E-state index contributed by atoms with van der Waals surface area (Å²) in [6.07, 6.45) is 8.26. The lowest BCUT2D eigenvalue weighted by atomic mass is 9.95. The number of anilines is 1. The normalized spacial score (nSPS) is 16.6. The van der Waals surface area contributed by atoms with Crippen LogP contribution in [0.1, 0.15) is 86.3 Å². The summed E-state index contributed by atoms with van der Waals surface area (Å²) in [6.45, 7) is 2.36. The zero-order valence-electron chi connectivity index (χ0n) is 20.4. The van der Waals surface area contributed by atoms with Gasteiger partial charge in [-0.3, -0.25) is 24.5 Å². The first-order chi connectivity index (χ1) is 17.5. The molecule has 2 aliphatic rings. The summed E-state index contributed by atoms with van der Waals surface area (Å²) in [5.74, 6) is 0.324. The number of amides is 1. The summed E-state index contributed by atoms with van der Waals surface area (Å²) in [5.41, 5.74) is 1.99. The molecule has 2 saturated carbocycles. The van der Waals surface area contributed by atoms with E-state index < -0.39 is 17.2 Å². The highest BCUT2D eigenvalue weighted by Crippen LogP contribution is 2.40. The van der Waals surface area contributed by atoms with E-state index in [0.29, 0.717) is 18.9 Å². The molecule has 0 radical (unpaired) electrons. The van der Waals surface area contributed by atoms with Crippen LogP contribution in [0.2, 0.25) is 0 Å². The number of aromatic amines is 1. The molecule has 36 heavy (non-hydrogen) atoms. The molecule has 0 bridgehead atoms. The van der Waals surface area contributed by atoms with Crippen molar-refractivity contribution in [1.82, 2.24) is 24.1 Å². The number of aryl methyl sites for hydroxylation is 1. The van der Waals surface area contributed by atoms with E-state index in [-0.39, 0.29) is 28.6 Å². The summed E-state index contributed by atoms with van der Waals surface area (Å²) in [6, 6.07) is 9.89. The van der Waals surface area contributed by atoms with Gasteiger partial charge in [-0.1, -0.05) is 38.3 Å². The molecule has 186 valence electrons. The number of nitrogens with one attached hydrogen (secondary N) is 2. The van der Waals surface area contributed by atoms with Crippen molar-refractivity contribution >= 4 is 33.9 Å². The molecular weight excluding hydrogens is 456 g/mol. The number of pyridine rings is 1. The number of aromatic nitrogens is 5. The lowest BCUT2D eigenvalue weighted by molar-refractivity contribution is 0.102. The third-order valence-corrected chi connectivity index (χ3v) is 7.42. The average Bonchev–Trinajstić information content (AvgIpc) is 3.67. The van der Waals surface area contributed by atoms with Crippen molar-refractivity contribution < 1.29 is 4.79 Å². The smallest absolute Gasteiger partial charge is 0.307 e. The highest BCUT2D eigenvalue weighted by molar-refractivity contribution is 6.11. The second-order valence-electron chi connectivity index (χ2n) is 10.0. The molecule has 1 aromatic carbocycles. The van der Waals surface area contributed by atoms with E-state index in [0.717, 1.165) is 55.3 Å². The lowest BCUT2D eigenvalue weighted by Gasteiger charge is -2.25. The van der Waals surface area contributed by atoms with E-state index in [1.54, 1.807) is 6.07 Å². The Balaban J connectivity index is 1.49. The van der Waals surface area contributed by atoms with Crippen LogP contribution in [0, 0.1) is 0 Å². The third-order valence-electron chi connectivity index (χ3n) is 7.42. The van der Waals surface area contributed by atoms with Crippen LogP contribution in [-0.4, -0.2) is 30.0 Å². The molecule has 9 heteroatoms. The zero-order chi connectivity index (χ0) is 24.8. The van der Waals surface area contributed by atoms with Gasteiger partial charge in [0.2, 0.25) is 5.95 Å². The minimum absolute atomic E-state index is 0.144. The molecule has 3 heterocycles. The topological polar surface area (TPSA) is 115 Å². The van der Waals surface area contributed by atoms with Gasteiger partial charge in [-0.05, 0) is 50.3 Å². The second kappa shape index (κ2) is 9.04. The van der Waals surface area contributed by atoms with Crippen LogP contribution in [0.3, 0.4) is 0 Å². The summed E-state index contributed by atoms with van der Waals surface area (Å²) < 4.78 is 3.62. The van der Waals surface area contributed by atoms with Gasteiger partial charge in [-0.2, -0.15) is 0 Å². The number of carbonyl (C=O) groups is 1. The number of hydrogen-bond donors (Lipinski definition) is 2. The van der Waals surface area contributed by atoms with Crippen LogP contribution in [0.15, 0.2) is 39.9 Å². The zero-order valence-corrected chi connectivity index (χ0v) is 20.4. The van der Waals surface area contributed by atoms with Gasteiger partial charge in [0.05, 0.1) is 22.0 Å². The quantitative estimate of drug-likeness (QED) is 0.417. The SMILES string of the molecule is CCCn1c(=O)[nH]c(=O)c2c(C(=O)Nc3nc4ccccc4n3C3CCCCC3)cc(C3CC3)nc21. The number of nitrogens with zero attached hydrogens (tertiary/aromatic N) is 4. The Labute approximate surface area is 207 Å². The van der Waals surface area contributed by atoms with Gasteiger partial charge in [0, 0.05) is 24.2 Å². The van der Waals surface area contributed by atoms with Gasteiger partial charge < -0.3 is 4.57 Å². The van der Waals surface area contributed by atoms with E-state index in [4.69, 9.17) is 9.97 Å². The van der Waals surface area contributed by atoms with Crippen molar-refractivity contribution in [2.75, 3.05) is 5.32 Å². The summed E-state index contributed by atoms with van der Waals surface area (Å²) in [7, 11) is 0. The molecule has 0 unspecified atom stereocenters. The van der Waals surface area contributed by atoms with Gasteiger partial charge in [0.15, 0.2) is 5.65 Å². The number of para-hydroxylation sites is 2. The number of benzene rings is 1. The molecular formula is C27H30N6O3. The van der Waals surface area contributed by atoms with Crippen LogP contribution < -0.4 is 16.6 Å². The number of fused-ring (bicyclic) bond motifs is 2. The van der Waals surface area contributed by atoms with Gasteiger partial charge in [0.25, 0.3) is 11.5 Å². The molecule has 6 rings (SSSR count). The minimum Gasteiger partial charge on any atom is -0.307 e. The largest absolute Gasteiger partial charge is 0.329 e. The van der Waals surface area contributed by atoms with Crippen LogP contribution in [0.25, 0.3) is 22.1 Å². The number of H-pyrrole nitrogens is 1. The van der Waals surface area contributed by atoms with Gasteiger partial charge in [-0.25, -0.2) is 14.8 Å². The van der Waals surface area contributed by atoms with Crippen LogP contribution >= 0.6 is 0 Å². The number of carbonyl (C=O) groups excluding carboxylic acids is 1. The van der Waals surface area contributed by atoms with Crippen molar-refractivity contribution in [2.45, 2.75) is 76.8 Å². The Kier molecular flexibility index (Phi) is 5.70. The Bertz CT molecular complexity index is 1590. The van der Waals surface area contributed by atoms with Crippen molar-refractivity contribution in [2.24, 2.45) is 0 Å². The van der Waals surface area contributed by atoms with Crippen molar-refractivity contribution in [3.05, 3.63) is 62.4 Å². The Morgan fingerprint density at radius 3 is 2.61 bits per heavy atom. The van der Waals surface area contributed by atoms with E-state index in [9.17, 15) is 14.4 Å². The maximum Gasteiger partial charge on any atom is 0.329 e. The van der Waals surface area contributed by atoms with Gasteiger partial charge >= 0.3 is 5.69 Å². The molecule has 0 saturated heterocycles. The van der Waals surface area contributed by atoms with Crippen molar-refractivity contribution in [3.63, 3.8) is 0 Å². The van der Waals surface area contributed by atoms with E-state index in [1.807, 2.05) is 31.2 Å². The summed E-state index contributed by atoms with van der Waals surface area (Å²) in [4.78, 5) is 51.2. The molecule has 0 atom stereocenters. The molecule has 1 amide bonds. The van der Waals surface area contributed by atoms with Crippen molar-refractivity contribution in [3.8, 4) is 0 Å². The first-order valence-electron chi connectivity index (χ1n) is 13.0. The van der Waals surface area contributed by atoms with Crippen LogP contribution in [0.5, 0.6) is 0 Å². The van der Waals surface area contributed by atoms with Gasteiger partial charge in [0.1, 0.15) is 0 Å². The predicted molar refractivity (Wildman–Crippen MR) is 139 cm³/mol. The lowest BCUT2D eigenvalue weighted by Crippen LogP contribution is -2.32. The number of imidazole rings is 1. The number of rotatable bonds is 6. The van der Waals surface area contributed by atoms with E-state index in [2.05, 4.69) is 14.9 Å². The summed E-state index contributed by atoms with van der Waals surface area (Å²) in [5, 5.41) is 3.17. The first kappa shape index (κ1) is 22.7. The average molecular weight is 487 g/mol. The molecule has 4 aromatic rings. The monoisotopic (exact) mass is 486 g/mol. The minimum atomic E-state index is -0.594.